The third kappa shape index (κ3) is 6.25. The SMILES string of the molecule is CCOC(=O)C1=C(COC(=O)CCCNC(=O)c2ccco2)NC(=O)NC1c1ccc(C)o1. The number of carbonyl (C=O) groups excluding carboxylic acids is 4. The Hall–Kier alpha value is -4.02. The fourth-order valence-electron chi connectivity index (χ4n) is 3.16. The normalized spacial score (nSPS) is 15.5. The molecule has 1 atom stereocenters. The first-order valence-corrected chi connectivity index (χ1v) is 10.4. The van der Waals surface area contributed by atoms with Gasteiger partial charge in [-0.05, 0) is 44.5 Å². The molecule has 11 nitrogen and oxygen atoms in total. The molecule has 0 aromatic carbocycles. The van der Waals surface area contributed by atoms with Crippen molar-refractivity contribution < 1.29 is 37.5 Å². The fourth-order valence-corrected chi connectivity index (χ4v) is 3.16. The molecule has 2 aromatic rings. The highest BCUT2D eigenvalue weighted by atomic mass is 16.5. The van der Waals surface area contributed by atoms with Gasteiger partial charge in [-0.15, -0.1) is 0 Å². The molecule has 0 saturated heterocycles. The van der Waals surface area contributed by atoms with Gasteiger partial charge in [-0.1, -0.05) is 0 Å². The average Bonchev–Trinajstić information content (AvgIpc) is 3.47. The third-order valence-corrected chi connectivity index (χ3v) is 4.66. The summed E-state index contributed by atoms with van der Waals surface area (Å²) in [6.07, 6.45) is 1.74. The van der Waals surface area contributed by atoms with Gasteiger partial charge in [0.05, 0.1) is 24.1 Å². The summed E-state index contributed by atoms with van der Waals surface area (Å²) >= 11 is 0. The van der Waals surface area contributed by atoms with Crippen molar-refractivity contribution in [1.29, 1.82) is 0 Å². The zero-order valence-corrected chi connectivity index (χ0v) is 18.3. The summed E-state index contributed by atoms with van der Waals surface area (Å²) in [5, 5.41) is 7.76. The molecule has 11 heteroatoms. The lowest BCUT2D eigenvalue weighted by Gasteiger charge is -2.27. The lowest BCUT2D eigenvalue weighted by molar-refractivity contribution is -0.143. The predicted molar refractivity (Wildman–Crippen MR) is 113 cm³/mol. The van der Waals surface area contributed by atoms with Crippen LogP contribution in [0.3, 0.4) is 0 Å². The fraction of sp³-hybridized carbons (Fsp3) is 0.364. The molecule has 3 heterocycles. The van der Waals surface area contributed by atoms with Crippen LogP contribution in [0, 0.1) is 6.92 Å². The highest BCUT2D eigenvalue weighted by Gasteiger charge is 2.36. The van der Waals surface area contributed by atoms with Gasteiger partial charge in [0.2, 0.25) is 0 Å². The van der Waals surface area contributed by atoms with E-state index in [0.717, 1.165) is 0 Å². The minimum Gasteiger partial charge on any atom is -0.464 e. The maximum Gasteiger partial charge on any atom is 0.338 e. The number of aryl methyl sites for hydroxylation is 1. The van der Waals surface area contributed by atoms with Gasteiger partial charge >= 0.3 is 18.0 Å². The number of ether oxygens (including phenoxy) is 2. The first-order valence-electron chi connectivity index (χ1n) is 10.4. The summed E-state index contributed by atoms with van der Waals surface area (Å²) in [4.78, 5) is 48.7. The number of hydrogen-bond acceptors (Lipinski definition) is 8. The molecule has 3 N–H and O–H groups in total. The number of esters is 2. The Labute approximate surface area is 189 Å². The molecule has 0 bridgehead atoms. The molecule has 1 unspecified atom stereocenters. The van der Waals surface area contributed by atoms with Gasteiger partial charge < -0.3 is 34.3 Å². The van der Waals surface area contributed by atoms with Gasteiger partial charge in [-0.25, -0.2) is 9.59 Å². The van der Waals surface area contributed by atoms with E-state index in [4.69, 9.17) is 18.3 Å². The second kappa shape index (κ2) is 11.0. The largest absolute Gasteiger partial charge is 0.464 e. The molecule has 33 heavy (non-hydrogen) atoms. The lowest BCUT2D eigenvalue weighted by atomic mass is 10.0. The summed E-state index contributed by atoms with van der Waals surface area (Å²) in [6.45, 7) is 3.42. The van der Waals surface area contributed by atoms with Crippen molar-refractivity contribution >= 4 is 23.9 Å². The molecule has 0 radical (unpaired) electrons. The number of rotatable bonds is 10. The maximum absolute atomic E-state index is 12.6. The van der Waals surface area contributed by atoms with Crippen molar-refractivity contribution in [1.82, 2.24) is 16.0 Å². The van der Waals surface area contributed by atoms with E-state index >= 15 is 0 Å². The molecule has 176 valence electrons. The summed E-state index contributed by atoms with van der Waals surface area (Å²) in [5.74, 6) is -0.477. The number of nitrogens with one attached hydrogen (secondary N) is 3. The van der Waals surface area contributed by atoms with Crippen LogP contribution in [0.4, 0.5) is 4.79 Å². The van der Waals surface area contributed by atoms with Gasteiger partial charge in [-0.3, -0.25) is 9.59 Å². The Morgan fingerprint density at radius 1 is 1.18 bits per heavy atom. The number of urea groups is 1. The van der Waals surface area contributed by atoms with Crippen molar-refractivity contribution in [2.75, 3.05) is 19.8 Å². The molecule has 0 aliphatic carbocycles. The van der Waals surface area contributed by atoms with Crippen LogP contribution in [-0.4, -0.2) is 43.6 Å². The monoisotopic (exact) mass is 459 g/mol. The highest BCUT2D eigenvalue weighted by Crippen LogP contribution is 2.29. The predicted octanol–water partition coefficient (Wildman–Crippen LogP) is 2.11. The summed E-state index contributed by atoms with van der Waals surface area (Å²) < 4.78 is 20.9. The van der Waals surface area contributed by atoms with Gasteiger partial charge in [-0.2, -0.15) is 0 Å². The Balaban J connectivity index is 1.60. The molecular formula is C22H25N3O8. The Bertz CT molecular complexity index is 1040. The van der Waals surface area contributed by atoms with Gasteiger partial charge in [0.1, 0.15) is 24.2 Å². The summed E-state index contributed by atoms with van der Waals surface area (Å²) in [6, 6.07) is 5.01. The van der Waals surface area contributed by atoms with E-state index in [1.165, 1.54) is 12.3 Å². The van der Waals surface area contributed by atoms with Crippen LogP contribution >= 0.6 is 0 Å². The first-order chi connectivity index (χ1) is 15.9. The van der Waals surface area contributed by atoms with Crippen molar-refractivity contribution in [3.63, 3.8) is 0 Å². The van der Waals surface area contributed by atoms with Crippen molar-refractivity contribution in [2.24, 2.45) is 0 Å². The van der Waals surface area contributed by atoms with Gasteiger partial charge in [0.15, 0.2) is 5.76 Å². The Morgan fingerprint density at radius 2 is 2.00 bits per heavy atom. The molecule has 1 aliphatic heterocycles. The van der Waals surface area contributed by atoms with Crippen LogP contribution in [0.5, 0.6) is 0 Å². The standard InChI is InChI=1S/C22H25N3O8/c1-3-30-21(28)18-14(24-22(29)25-19(18)15-9-8-13(2)33-15)12-32-17(26)7-4-10-23-20(27)16-6-5-11-31-16/h5-6,8-9,11,19H,3-4,7,10,12H2,1-2H3,(H,23,27)(H2,24,25,29). The minimum absolute atomic E-state index is 0.0213. The topological polar surface area (TPSA) is 149 Å². The van der Waals surface area contributed by atoms with Crippen molar-refractivity contribution in [2.45, 2.75) is 32.7 Å². The van der Waals surface area contributed by atoms with E-state index in [2.05, 4.69) is 16.0 Å². The smallest absolute Gasteiger partial charge is 0.338 e. The van der Waals surface area contributed by atoms with E-state index in [0.29, 0.717) is 17.9 Å². The highest BCUT2D eigenvalue weighted by molar-refractivity contribution is 5.95. The van der Waals surface area contributed by atoms with E-state index in [9.17, 15) is 19.2 Å². The number of amides is 3. The number of furan rings is 2. The van der Waals surface area contributed by atoms with Crippen LogP contribution < -0.4 is 16.0 Å². The van der Waals surface area contributed by atoms with E-state index < -0.39 is 24.0 Å². The van der Waals surface area contributed by atoms with Crippen molar-refractivity contribution in [3.05, 3.63) is 59.1 Å². The average molecular weight is 459 g/mol. The Morgan fingerprint density at radius 3 is 2.67 bits per heavy atom. The molecule has 1 aliphatic rings. The molecule has 0 fully saturated rings. The maximum atomic E-state index is 12.6. The second-order valence-electron chi connectivity index (χ2n) is 7.09. The van der Waals surface area contributed by atoms with Gasteiger partial charge in [0.25, 0.3) is 5.91 Å². The summed E-state index contributed by atoms with van der Waals surface area (Å²) in [5.41, 5.74) is 0.194. The minimum atomic E-state index is -0.892. The molecular weight excluding hydrogens is 434 g/mol. The molecule has 3 amide bonds. The first kappa shape index (κ1) is 23.6. The van der Waals surface area contributed by atoms with Crippen LogP contribution in [0.25, 0.3) is 0 Å². The molecule has 0 spiro atoms. The van der Waals surface area contributed by atoms with E-state index in [-0.39, 0.29) is 49.1 Å². The third-order valence-electron chi connectivity index (χ3n) is 4.66. The van der Waals surface area contributed by atoms with Crippen LogP contribution in [0.1, 0.15) is 47.9 Å². The van der Waals surface area contributed by atoms with Crippen LogP contribution in [0.2, 0.25) is 0 Å². The molecule has 2 aromatic heterocycles. The van der Waals surface area contributed by atoms with Crippen LogP contribution in [0.15, 0.2) is 50.6 Å². The van der Waals surface area contributed by atoms with Gasteiger partial charge in [0, 0.05) is 13.0 Å². The zero-order chi connectivity index (χ0) is 23.8. The second-order valence-corrected chi connectivity index (χ2v) is 7.09. The lowest BCUT2D eigenvalue weighted by Crippen LogP contribution is -2.47. The quantitative estimate of drug-likeness (QED) is 0.361. The van der Waals surface area contributed by atoms with Crippen LogP contribution in [-0.2, 0) is 19.1 Å². The summed E-state index contributed by atoms with van der Waals surface area (Å²) in [7, 11) is 0. The number of carbonyl (C=O) groups is 4. The molecule has 3 rings (SSSR count). The number of hydrogen-bond donors (Lipinski definition) is 3. The Kier molecular flexibility index (Phi) is 7.90. The van der Waals surface area contributed by atoms with E-state index in [1.54, 1.807) is 32.0 Å². The zero-order valence-electron chi connectivity index (χ0n) is 18.3. The van der Waals surface area contributed by atoms with E-state index in [1.807, 2.05) is 0 Å². The van der Waals surface area contributed by atoms with Crippen molar-refractivity contribution in [3.8, 4) is 0 Å². The molecule has 0 saturated carbocycles.